The Morgan fingerprint density at radius 2 is 1.83 bits per heavy atom. The highest BCUT2D eigenvalue weighted by molar-refractivity contribution is 6.08. The lowest BCUT2D eigenvalue weighted by Gasteiger charge is -2.27. The zero-order chi connectivity index (χ0) is 17.1. The minimum atomic E-state index is -0.228. The van der Waals surface area contributed by atoms with Crippen molar-refractivity contribution in [1.82, 2.24) is 14.7 Å². The van der Waals surface area contributed by atoms with Gasteiger partial charge in [-0.05, 0) is 37.8 Å². The third kappa shape index (κ3) is 3.18. The van der Waals surface area contributed by atoms with Gasteiger partial charge in [0.05, 0.1) is 11.9 Å². The summed E-state index contributed by atoms with van der Waals surface area (Å²) < 4.78 is 1.53. The summed E-state index contributed by atoms with van der Waals surface area (Å²) in [4.78, 5) is 27.2. The van der Waals surface area contributed by atoms with Gasteiger partial charge in [0.2, 0.25) is 0 Å². The van der Waals surface area contributed by atoms with Gasteiger partial charge in [0, 0.05) is 25.7 Å². The van der Waals surface area contributed by atoms with E-state index < -0.39 is 0 Å². The number of carbonyl (C=O) groups is 2. The van der Waals surface area contributed by atoms with Crippen molar-refractivity contribution >= 4 is 17.5 Å². The minimum Gasteiger partial charge on any atom is -0.337 e. The molecule has 0 radical (unpaired) electrons. The number of hydrogen-bond donors (Lipinski definition) is 1. The predicted molar refractivity (Wildman–Crippen MR) is 92.1 cm³/mol. The summed E-state index contributed by atoms with van der Waals surface area (Å²) in [6.07, 6.45) is 4.74. The van der Waals surface area contributed by atoms with Gasteiger partial charge in [-0.15, -0.1) is 0 Å². The Labute approximate surface area is 141 Å². The quantitative estimate of drug-likeness (QED) is 0.943. The summed E-state index contributed by atoms with van der Waals surface area (Å²) in [5.41, 5.74) is 2.38. The molecule has 1 aliphatic rings. The predicted octanol–water partition coefficient (Wildman–Crippen LogP) is 2.61. The third-order valence-corrected chi connectivity index (χ3v) is 4.42. The van der Waals surface area contributed by atoms with Crippen LogP contribution >= 0.6 is 0 Å². The second-order valence-corrected chi connectivity index (χ2v) is 6.15. The van der Waals surface area contributed by atoms with Crippen LogP contribution in [0.5, 0.6) is 0 Å². The Balaban J connectivity index is 1.83. The van der Waals surface area contributed by atoms with Gasteiger partial charge in [0.25, 0.3) is 11.8 Å². The number of amides is 2. The molecular formula is C18H22N4O2. The second-order valence-electron chi connectivity index (χ2n) is 6.15. The van der Waals surface area contributed by atoms with Crippen molar-refractivity contribution in [2.75, 3.05) is 18.4 Å². The molecule has 0 atom stereocenters. The van der Waals surface area contributed by atoms with Crippen molar-refractivity contribution in [1.29, 1.82) is 0 Å². The first-order valence-electron chi connectivity index (χ1n) is 8.26. The van der Waals surface area contributed by atoms with Crippen LogP contribution in [0, 0.1) is 6.92 Å². The fourth-order valence-electron chi connectivity index (χ4n) is 3.05. The fourth-order valence-corrected chi connectivity index (χ4v) is 3.05. The van der Waals surface area contributed by atoms with E-state index in [0.29, 0.717) is 16.9 Å². The number of anilines is 1. The standard InChI is InChI=1S/C18H22N4O2/c1-13-8-4-5-9-14(13)17(23)20-15-12-19-21(2)16(15)18(24)22-10-6-3-7-11-22/h4-5,8-9,12H,3,6-7,10-11H2,1-2H3,(H,20,23). The number of rotatable bonds is 3. The number of likely N-dealkylation sites (tertiary alicyclic amines) is 1. The Morgan fingerprint density at radius 3 is 2.54 bits per heavy atom. The molecule has 1 aromatic carbocycles. The van der Waals surface area contributed by atoms with Gasteiger partial charge in [-0.1, -0.05) is 18.2 Å². The summed E-state index contributed by atoms with van der Waals surface area (Å²) in [5.74, 6) is -0.302. The number of piperidine rings is 1. The van der Waals surface area contributed by atoms with Crippen LogP contribution in [-0.4, -0.2) is 39.6 Å². The van der Waals surface area contributed by atoms with Gasteiger partial charge in [-0.2, -0.15) is 5.10 Å². The monoisotopic (exact) mass is 326 g/mol. The smallest absolute Gasteiger partial charge is 0.274 e. The molecule has 2 heterocycles. The highest BCUT2D eigenvalue weighted by atomic mass is 16.2. The Bertz CT molecular complexity index is 760. The van der Waals surface area contributed by atoms with Crippen molar-refractivity contribution in [3.63, 3.8) is 0 Å². The fraction of sp³-hybridized carbons (Fsp3) is 0.389. The Morgan fingerprint density at radius 1 is 1.12 bits per heavy atom. The first kappa shape index (κ1) is 16.2. The zero-order valence-electron chi connectivity index (χ0n) is 14.1. The summed E-state index contributed by atoms with van der Waals surface area (Å²) >= 11 is 0. The number of aryl methyl sites for hydroxylation is 2. The van der Waals surface area contributed by atoms with Crippen LogP contribution in [-0.2, 0) is 7.05 Å². The molecule has 0 unspecified atom stereocenters. The molecule has 1 aromatic heterocycles. The van der Waals surface area contributed by atoms with E-state index in [-0.39, 0.29) is 11.8 Å². The number of nitrogens with one attached hydrogen (secondary N) is 1. The summed E-state index contributed by atoms with van der Waals surface area (Å²) in [5, 5.41) is 6.99. The minimum absolute atomic E-state index is 0.0743. The number of aromatic nitrogens is 2. The molecular weight excluding hydrogens is 304 g/mol. The molecule has 0 spiro atoms. The van der Waals surface area contributed by atoms with E-state index in [1.807, 2.05) is 30.0 Å². The molecule has 2 aromatic rings. The van der Waals surface area contributed by atoms with Crippen molar-refractivity contribution in [2.45, 2.75) is 26.2 Å². The highest BCUT2D eigenvalue weighted by Crippen LogP contribution is 2.20. The number of carbonyl (C=O) groups excluding carboxylic acids is 2. The van der Waals surface area contributed by atoms with E-state index in [1.165, 1.54) is 10.9 Å². The molecule has 1 fully saturated rings. The van der Waals surface area contributed by atoms with Crippen LogP contribution in [0.25, 0.3) is 0 Å². The lowest BCUT2D eigenvalue weighted by atomic mass is 10.1. The van der Waals surface area contributed by atoms with Crippen molar-refractivity contribution in [2.24, 2.45) is 7.05 Å². The van der Waals surface area contributed by atoms with Gasteiger partial charge in [-0.25, -0.2) is 0 Å². The van der Waals surface area contributed by atoms with E-state index in [1.54, 1.807) is 13.1 Å². The van der Waals surface area contributed by atoms with Gasteiger partial charge >= 0.3 is 0 Å². The van der Waals surface area contributed by atoms with Crippen LogP contribution in [0.2, 0.25) is 0 Å². The van der Waals surface area contributed by atoms with Crippen LogP contribution in [0.3, 0.4) is 0 Å². The molecule has 6 nitrogen and oxygen atoms in total. The maximum Gasteiger partial charge on any atom is 0.274 e. The third-order valence-electron chi connectivity index (χ3n) is 4.42. The molecule has 126 valence electrons. The normalized spacial score (nSPS) is 14.5. The Kier molecular flexibility index (Phi) is 4.64. The molecule has 0 bridgehead atoms. The average Bonchev–Trinajstić information content (AvgIpc) is 2.95. The van der Waals surface area contributed by atoms with Crippen LogP contribution in [0.1, 0.15) is 45.7 Å². The topological polar surface area (TPSA) is 67.2 Å². The SMILES string of the molecule is Cc1ccccc1C(=O)Nc1cnn(C)c1C(=O)N1CCCCC1. The van der Waals surface area contributed by atoms with Gasteiger partial charge in [0.1, 0.15) is 5.69 Å². The van der Waals surface area contributed by atoms with E-state index in [2.05, 4.69) is 10.4 Å². The van der Waals surface area contributed by atoms with Crippen LogP contribution in [0.15, 0.2) is 30.5 Å². The molecule has 1 saturated heterocycles. The largest absolute Gasteiger partial charge is 0.337 e. The molecule has 6 heteroatoms. The maximum atomic E-state index is 12.8. The highest BCUT2D eigenvalue weighted by Gasteiger charge is 2.25. The number of benzene rings is 1. The first-order chi connectivity index (χ1) is 11.6. The van der Waals surface area contributed by atoms with Crippen molar-refractivity contribution in [3.05, 3.63) is 47.3 Å². The molecule has 24 heavy (non-hydrogen) atoms. The summed E-state index contributed by atoms with van der Waals surface area (Å²) in [6.45, 7) is 3.41. The lowest BCUT2D eigenvalue weighted by molar-refractivity contribution is 0.0714. The molecule has 1 aliphatic heterocycles. The Hall–Kier alpha value is -2.63. The van der Waals surface area contributed by atoms with E-state index in [0.717, 1.165) is 37.9 Å². The van der Waals surface area contributed by atoms with Crippen molar-refractivity contribution < 1.29 is 9.59 Å². The zero-order valence-corrected chi connectivity index (χ0v) is 14.1. The number of nitrogens with zero attached hydrogens (tertiary/aromatic N) is 3. The maximum absolute atomic E-state index is 12.8. The van der Waals surface area contributed by atoms with Gasteiger partial charge in [-0.3, -0.25) is 14.3 Å². The summed E-state index contributed by atoms with van der Waals surface area (Å²) in [6, 6.07) is 7.37. The lowest BCUT2D eigenvalue weighted by Crippen LogP contribution is -2.37. The first-order valence-corrected chi connectivity index (χ1v) is 8.26. The van der Waals surface area contributed by atoms with E-state index in [9.17, 15) is 9.59 Å². The average molecular weight is 326 g/mol. The van der Waals surface area contributed by atoms with E-state index >= 15 is 0 Å². The molecule has 0 aliphatic carbocycles. The van der Waals surface area contributed by atoms with Crippen molar-refractivity contribution in [3.8, 4) is 0 Å². The second kappa shape index (κ2) is 6.86. The molecule has 0 saturated carbocycles. The van der Waals surface area contributed by atoms with Gasteiger partial charge in [0.15, 0.2) is 0 Å². The van der Waals surface area contributed by atoms with E-state index in [4.69, 9.17) is 0 Å². The molecule has 1 N–H and O–H groups in total. The van der Waals surface area contributed by atoms with Crippen LogP contribution < -0.4 is 5.32 Å². The summed E-state index contributed by atoms with van der Waals surface area (Å²) in [7, 11) is 1.72. The van der Waals surface area contributed by atoms with Gasteiger partial charge < -0.3 is 10.2 Å². The van der Waals surface area contributed by atoms with Crippen LogP contribution in [0.4, 0.5) is 5.69 Å². The molecule has 3 rings (SSSR count). The number of hydrogen-bond acceptors (Lipinski definition) is 3. The molecule has 2 amide bonds.